The van der Waals surface area contributed by atoms with Gasteiger partial charge in [0, 0.05) is 11.8 Å². The standard InChI is InChI=1S/C43H74O6/c1-11-31(29(3)4)14-13-30(5)35-17-18-36-34-16-15-32-25-33(21-23-42(32,9)37(34)22-24-43(35,36)10)48-38(45)19-20-39(46)49-41(8,12-2)28-47-27-40(6,7)26-44/h15,29-31,33-37,44H,11-14,16-28H2,1-10H3. The molecule has 0 aromatic rings. The van der Waals surface area contributed by atoms with Crippen LogP contribution in [0, 0.1) is 57.7 Å². The number of ether oxygens (including phenoxy) is 3. The van der Waals surface area contributed by atoms with E-state index in [1.807, 2.05) is 27.7 Å². The molecule has 4 aliphatic carbocycles. The number of rotatable bonds is 17. The Kier molecular flexibility index (Phi) is 13.6. The van der Waals surface area contributed by atoms with Gasteiger partial charge in [0.05, 0.1) is 32.7 Å². The van der Waals surface area contributed by atoms with Gasteiger partial charge in [0.1, 0.15) is 11.7 Å². The van der Waals surface area contributed by atoms with Gasteiger partial charge in [-0.1, -0.05) is 86.8 Å². The van der Waals surface area contributed by atoms with E-state index < -0.39 is 11.6 Å². The van der Waals surface area contributed by atoms with Crippen molar-refractivity contribution in [2.24, 2.45) is 57.7 Å². The predicted octanol–water partition coefficient (Wildman–Crippen LogP) is 10.1. The van der Waals surface area contributed by atoms with E-state index in [9.17, 15) is 14.7 Å². The lowest BCUT2D eigenvalue weighted by Crippen LogP contribution is -2.51. The van der Waals surface area contributed by atoms with Gasteiger partial charge in [-0.3, -0.25) is 9.59 Å². The molecular formula is C43H74O6. The number of carbonyl (C=O) groups excluding carboxylic acids is 2. The van der Waals surface area contributed by atoms with Crippen molar-refractivity contribution in [3.05, 3.63) is 11.6 Å². The monoisotopic (exact) mass is 687 g/mol. The van der Waals surface area contributed by atoms with Gasteiger partial charge < -0.3 is 19.3 Å². The summed E-state index contributed by atoms with van der Waals surface area (Å²) in [6, 6.07) is 0. The fourth-order valence-electron chi connectivity index (χ4n) is 11.0. The molecule has 282 valence electrons. The maximum atomic E-state index is 12.9. The highest BCUT2D eigenvalue weighted by Gasteiger charge is 2.59. The van der Waals surface area contributed by atoms with Crippen LogP contribution in [-0.4, -0.2) is 48.6 Å². The topological polar surface area (TPSA) is 82.1 Å². The highest BCUT2D eigenvalue weighted by Crippen LogP contribution is 2.67. The normalized spacial score (nSPS) is 33.8. The summed E-state index contributed by atoms with van der Waals surface area (Å²) >= 11 is 0. The van der Waals surface area contributed by atoms with Crippen molar-refractivity contribution >= 4 is 11.9 Å². The molecule has 0 saturated heterocycles. The number of aliphatic hydroxyl groups excluding tert-OH is 1. The molecule has 0 spiro atoms. The van der Waals surface area contributed by atoms with Crippen molar-refractivity contribution in [3.63, 3.8) is 0 Å². The Balaban J connectivity index is 1.27. The first-order valence-electron chi connectivity index (χ1n) is 20.3. The second-order valence-corrected chi connectivity index (χ2v) is 18.9. The van der Waals surface area contributed by atoms with E-state index in [-0.39, 0.29) is 49.0 Å². The molecular weight excluding hydrogens is 612 g/mol. The Morgan fingerprint density at radius 2 is 1.65 bits per heavy atom. The lowest BCUT2D eigenvalue weighted by molar-refractivity contribution is -0.169. The molecule has 3 fully saturated rings. The lowest BCUT2D eigenvalue weighted by Gasteiger charge is -2.58. The van der Waals surface area contributed by atoms with Gasteiger partial charge in [-0.2, -0.15) is 0 Å². The number of allylic oxidation sites excluding steroid dienone is 1. The molecule has 6 heteroatoms. The number of hydrogen-bond acceptors (Lipinski definition) is 6. The van der Waals surface area contributed by atoms with Gasteiger partial charge in [0.25, 0.3) is 0 Å². The fraction of sp³-hybridized carbons (Fsp3) is 0.907. The third-order valence-electron chi connectivity index (χ3n) is 14.5. The van der Waals surface area contributed by atoms with Crippen molar-refractivity contribution in [1.29, 1.82) is 0 Å². The van der Waals surface area contributed by atoms with Crippen LogP contribution in [0.1, 0.15) is 159 Å². The first-order valence-corrected chi connectivity index (χ1v) is 20.3. The van der Waals surface area contributed by atoms with Crippen LogP contribution in [-0.2, 0) is 23.8 Å². The van der Waals surface area contributed by atoms with Gasteiger partial charge in [-0.25, -0.2) is 0 Å². The Labute approximate surface area is 300 Å². The zero-order valence-corrected chi connectivity index (χ0v) is 33.2. The molecule has 10 atom stereocenters. The molecule has 4 aliphatic rings. The van der Waals surface area contributed by atoms with E-state index in [4.69, 9.17) is 14.2 Å². The van der Waals surface area contributed by atoms with Crippen LogP contribution >= 0.6 is 0 Å². The smallest absolute Gasteiger partial charge is 0.306 e. The maximum absolute atomic E-state index is 12.9. The van der Waals surface area contributed by atoms with Crippen LogP contribution in [0.2, 0.25) is 0 Å². The van der Waals surface area contributed by atoms with Crippen molar-refractivity contribution in [2.75, 3.05) is 19.8 Å². The summed E-state index contributed by atoms with van der Waals surface area (Å²) in [6.45, 7) is 23.2. The van der Waals surface area contributed by atoms with Gasteiger partial charge in [0.15, 0.2) is 0 Å². The Morgan fingerprint density at radius 3 is 2.31 bits per heavy atom. The molecule has 49 heavy (non-hydrogen) atoms. The van der Waals surface area contributed by atoms with Crippen LogP contribution in [0.15, 0.2) is 11.6 Å². The highest BCUT2D eigenvalue weighted by atomic mass is 16.6. The van der Waals surface area contributed by atoms with Crippen molar-refractivity contribution in [1.82, 2.24) is 0 Å². The summed E-state index contributed by atoms with van der Waals surface area (Å²) in [5, 5.41) is 9.47. The van der Waals surface area contributed by atoms with Crippen LogP contribution in [0.3, 0.4) is 0 Å². The molecule has 10 unspecified atom stereocenters. The fourth-order valence-corrected chi connectivity index (χ4v) is 11.0. The predicted molar refractivity (Wildman–Crippen MR) is 198 cm³/mol. The molecule has 0 aromatic heterocycles. The summed E-state index contributed by atoms with van der Waals surface area (Å²) < 4.78 is 17.5. The van der Waals surface area contributed by atoms with E-state index in [0.717, 1.165) is 60.7 Å². The molecule has 0 aliphatic heterocycles. The third-order valence-corrected chi connectivity index (χ3v) is 14.5. The summed E-state index contributed by atoms with van der Waals surface area (Å²) in [5.41, 5.74) is 1.09. The van der Waals surface area contributed by atoms with Gasteiger partial charge in [-0.05, 0) is 117 Å². The van der Waals surface area contributed by atoms with E-state index >= 15 is 0 Å². The van der Waals surface area contributed by atoms with E-state index in [1.54, 1.807) is 0 Å². The summed E-state index contributed by atoms with van der Waals surface area (Å²) in [6.07, 6.45) is 16.7. The molecule has 4 rings (SSSR count). The zero-order chi connectivity index (χ0) is 36.2. The first kappa shape index (κ1) is 40.4. The number of esters is 2. The summed E-state index contributed by atoms with van der Waals surface area (Å²) in [5.74, 6) is 4.98. The van der Waals surface area contributed by atoms with E-state index in [2.05, 4.69) is 47.6 Å². The number of hydrogen-bond donors (Lipinski definition) is 1. The second-order valence-electron chi connectivity index (χ2n) is 18.9. The van der Waals surface area contributed by atoms with Gasteiger partial charge >= 0.3 is 11.9 Å². The maximum Gasteiger partial charge on any atom is 0.306 e. The minimum atomic E-state index is -0.772. The third kappa shape index (κ3) is 9.34. The van der Waals surface area contributed by atoms with Crippen LogP contribution in [0.4, 0.5) is 0 Å². The minimum Gasteiger partial charge on any atom is -0.462 e. The molecule has 6 nitrogen and oxygen atoms in total. The van der Waals surface area contributed by atoms with Crippen LogP contribution in [0.5, 0.6) is 0 Å². The number of aliphatic hydroxyl groups is 1. The van der Waals surface area contributed by atoms with E-state index in [1.165, 1.54) is 56.9 Å². The molecule has 0 bridgehead atoms. The Morgan fingerprint density at radius 1 is 0.939 bits per heavy atom. The van der Waals surface area contributed by atoms with Gasteiger partial charge in [-0.15, -0.1) is 0 Å². The SMILES string of the molecule is CCC(CCC(C)C1CCC2C3CC=C4CC(OC(=O)CCC(=O)OC(C)(CC)COCC(C)(C)CO)CCC4(C)C3CCC12C)C(C)C. The van der Waals surface area contributed by atoms with Crippen molar-refractivity contribution in [2.45, 2.75) is 171 Å². The van der Waals surface area contributed by atoms with Crippen LogP contribution < -0.4 is 0 Å². The molecule has 0 amide bonds. The first-order chi connectivity index (χ1) is 23.0. The Bertz CT molecular complexity index is 1140. The second kappa shape index (κ2) is 16.5. The molecule has 3 saturated carbocycles. The number of carbonyl (C=O) groups is 2. The quantitative estimate of drug-likeness (QED) is 0.121. The Hall–Kier alpha value is -1.40. The average molecular weight is 687 g/mol. The zero-order valence-electron chi connectivity index (χ0n) is 33.2. The van der Waals surface area contributed by atoms with Crippen molar-refractivity contribution in [3.8, 4) is 0 Å². The molecule has 0 heterocycles. The highest BCUT2D eigenvalue weighted by molar-refractivity contribution is 5.78. The largest absolute Gasteiger partial charge is 0.462 e. The lowest BCUT2D eigenvalue weighted by atomic mass is 9.47. The number of fused-ring (bicyclic) bond motifs is 5. The van der Waals surface area contributed by atoms with Crippen molar-refractivity contribution < 1.29 is 28.9 Å². The van der Waals surface area contributed by atoms with Gasteiger partial charge in [0.2, 0.25) is 0 Å². The molecule has 0 radical (unpaired) electrons. The van der Waals surface area contributed by atoms with E-state index in [0.29, 0.717) is 18.4 Å². The molecule has 0 aromatic carbocycles. The minimum absolute atomic E-state index is 0.00409. The van der Waals surface area contributed by atoms with Crippen LogP contribution in [0.25, 0.3) is 0 Å². The molecule has 1 N–H and O–H groups in total. The summed E-state index contributed by atoms with van der Waals surface area (Å²) in [4.78, 5) is 25.6. The average Bonchev–Trinajstić information content (AvgIpc) is 3.41. The summed E-state index contributed by atoms with van der Waals surface area (Å²) in [7, 11) is 0.